The fourth-order valence-corrected chi connectivity index (χ4v) is 1.01. The molecule has 0 saturated carbocycles. The first kappa shape index (κ1) is 11.0. The summed E-state index contributed by atoms with van der Waals surface area (Å²) >= 11 is 0. The minimum atomic E-state index is -1.26. The van der Waals surface area contributed by atoms with Crippen LogP contribution < -0.4 is 0 Å². The molecule has 0 aliphatic carbocycles. The van der Waals surface area contributed by atoms with Crippen LogP contribution in [-0.2, 0) is 4.79 Å². The number of rotatable bonds is 3. The second-order valence-corrected chi connectivity index (χ2v) is 3.65. The predicted molar refractivity (Wildman–Crippen MR) is 45.4 cm³/mol. The van der Waals surface area contributed by atoms with Gasteiger partial charge in [0.05, 0.1) is 6.07 Å². The zero-order valence-electron chi connectivity index (χ0n) is 7.96. The summed E-state index contributed by atoms with van der Waals surface area (Å²) < 4.78 is 0. The summed E-state index contributed by atoms with van der Waals surface area (Å²) in [6.07, 6.45) is 0. The largest absolute Gasteiger partial charge is 0.480 e. The Bertz CT molecular complexity index is 217. The molecular weight excluding hydrogens is 154 g/mol. The lowest BCUT2D eigenvalue weighted by molar-refractivity contribution is -0.147. The van der Waals surface area contributed by atoms with Gasteiger partial charge in [-0.3, -0.25) is 4.79 Å². The molecule has 2 atom stereocenters. The van der Waals surface area contributed by atoms with Crippen LogP contribution in [0.4, 0.5) is 0 Å². The topological polar surface area (TPSA) is 61.1 Å². The molecule has 0 radical (unpaired) electrons. The standard InChI is InChI=1S/C9H15NO2/c1-6(2)7(3)9(4,5-10)8(11)12/h6-7H,1-4H3,(H,11,12). The highest BCUT2D eigenvalue weighted by atomic mass is 16.4. The molecule has 3 heteroatoms. The highest BCUT2D eigenvalue weighted by Crippen LogP contribution is 2.32. The average molecular weight is 169 g/mol. The molecule has 0 bridgehead atoms. The molecule has 12 heavy (non-hydrogen) atoms. The Morgan fingerprint density at radius 3 is 2.00 bits per heavy atom. The fourth-order valence-electron chi connectivity index (χ4n) is 1.01. The number of carboxylic acids is 1. The van der Waals surface area contributed by atoms with Crippen molar-refractivity contribution in [3.8, 4) is 6.07 Å². The predicted octanol–water partition coefficient (Wildman–Crippen LogP) is 1.89. The minimum absolute atomic E-state index is 0.139. The summed E-state index contributed by atoms with van der Waals surface area (Å²) in [6, 6.07) is 1.86. The third-order valence-electron chi connectivity index (χ3n) is 2.59. The summed E-state index contributed by atoms with van der Waals surface area (Å²) in [4.78, 5) is 10.8. The van der Waals surface area contributed by atoms with E-state index in [4.69, 9.17) is 10.4 Å². The van der Waals surface area contributed by atoms with Crippen LogP contribution in [0.3, 0.4) is 0 Å². The van der Waals surface area contributed by atoms with Crippen molar-refractivity contribution in [2.75, 3.05) is 0 Å². The van der Waals surface area contributed by atoms with Crippen LogP contribution in [0, 0.1) is 28.6 Å². The maximum Gasteiger partial charge on any atom is 0.324 e. The summed E-state index contributed by atoms with van der Waals surface area (Å²) in [5, 5.41) is 17.6. The normalized spacial score (nSPS) is 18.0. The quantitative estimate of drug-likeness (QED) is 0.701. The Morgan fingerprint density at radius 1 is 1.50 bits per heavy atom. The zero-order valence-corrected chi connectivity index (χ0v) is 7.96. The van der Waals surface area contributed by atoms with Crippen molar-refractivity contribution >= 4 is 5.97 Å². The van der Waals surface area contributed by atoms with E-state index >= 15 is 0 Å². The summed E-state index contributed by atoms with van der Waals surface area (Å²) in [5.74, 6) is -0.975. The summed E-state index contributed by atoms with van der Waals surface area (Å²) in [6.45, 7) is 7.11. The maximum atomic E-state index is 10.8. The van der Waals surface area contributed by atoms with Gasteiger partial charge in [0.2, 0.25) is 0 Å². The van der Waals surface area contributed by atoms with Crippen molar-refractivity contribution in [3.63, 3.8) is 0 Å². The first-order valence-electron chi connectivity index (χ1n) is 4.01. The lowest BCUT2D eigenvalue weighted by atomic mass is 9.74. The van der Waals surface area contributed by atoms with Crippen molar-refractivity contribution in [1.82, 2.24) is 0 Å². The van der Waals surface area contributed by atoms with E-state index in [0.717, 1.165) is 0 Å². The van der Waals surface area contributed by atoms with E-state index in [2.05, 4.69) is 0 Å². The lowest BCUT2D eigenvalue weighted by Gasteiger charge is -2.27. The van der Waals surface area contributed by atoms with Gasteiger partial charge in [0.15, 0.2) is 5.41 Å². The molecule has 0 aromatic carbocycles. The van der Waals surface area contributed by atoms with Crippen molar-refractivity contribution in [1.29, 1.82) is 5.26 Å². The number of aliphatic carboxylic acids is 1. The van der Waals surface area contributed by atoms with Crippen molar-refractivity contribution in [3.05, 3.63) is 0 Å². The van der Waals surface area contributed by atoms with Gasteiger partial charge in [0.25, 0.3) is 0 Å². The first-order chi connectivity index (χ1) is 5.36. The highest BCUT2D eigenvalue weighted by molar-refractivity contribution is 5.77. The minimum Gasteiger partial charge on any atom is -0.480 e. The number of carbonyl (C=O) groups is 1. The van der Waals surface area contributed by atoms with Gasteiger partial charge in [-0.1, -0.05) is 20.8 Å². The van der Waals surface area contributed by atoms with Crippen molar-refractivity contribution in [2.45, 2.75) is 27.7 Å². The SMILES string of the molecule is CC(C)C(C)C(C)(C#N)C(=O)O. The Hall–Kier alpha value is -1.04. The highest BCUT2D eigenvalue weighted by Gasteiger charge is 2.40. The van der Waals surface area contributed by atoms with E-state index in [1.54, 1.807) is 6.92 Å². The van der Waals surface area contributed by atoms with Gasteiger partial charge in [0, 0.05) is 0 Å². The van der Waals surface area contributed by atoms with Crippen molar-refractivity contribution in [2.24, 2.45) is 17.3 Å². The van der Waals surface area contributed by atoms with Crippen LogP contribution in [0.1, 0.15) is 27.7 Å². The summed E-state index contributed by atoms with van der Waals surface area (Å²) in [5.41, 5.74) is -1.26. The Morgan fingerprint density at radius 2 is 1.92 bits per heavy atom. The van der Waals surface area contributed by atoms with Crippen molar-refractivity contribution < 1.29 is 9.90 Å². The molecule has 1 N–H and O–H groups in total. The van der Waals surface area contributed by atoms with E-state index in [9.17, 15) is 4.79 Å². The Kier molecular flexibility index (Phi) is 3.26. The molecular formula is C9H15NO2. The van der Waals surface area contributed by atoms with Gasteiger partial charge < -0.3 is 5.11 Å². The molecule has 0 aromatic rings. The second kappa shape index (κ2) is 3.57. The molecule has 3 nitrogen and oxygen atoms in total. The van der Waals surface area contributed by atoms with Gasteiger partial charge in [-0.05, 0) is 18.8 Å². The molecule has 2 unspecified atom stereocenters. The van der Waals surface area contributed by atoms with E-state index < -0.39 is 11.4 Å². The van der Waals surface area contributed by atoms with E-state index in [1.165, 1.54) is 6.92 Å². The molecule has 0 aliphatic rings. The molecule has 68 valence electrons. The fraction of sp³-hybridized carbons (Fsp3) is 0.778. The van der Waals surface area contributed by atoms with Crippen LogP contribution in [0.25, 0.3) is 0 Å². The number of hydrogen-bond acceptors (Lipinski definition) is 2. The molecule has 0 amide bonds. The molecule has 0 heterocycles. The number of carboxylic acid groups (broad SMARTS) is 1. The molecule has 0 aliphatic heterocycles. The maximum absolute atomic E-state index is 10.8. The van der Waals surface area contributed by atoms with E-state index in [1.807, 2.05) is 19.9 Å². The lowest BCUT2D eigenvalue weighted by Crippen LogP contribution is -2.35. The van der Waals surface area contributed by atoms with Gasteiger partial charge >= 0.3 is 5.97 Å². The number of hydrogen-bond donors (Lipinski definition) is 1. The molecule has 0 spiro atoms. The number of nitriles is 1. The Balaban J connectivity index is 4.79. The summed E-state index contributed by atoms with van der Waals surface area (Å²) in [7, 11) is 0. The first-order valence-corrected chi connectivity index (χ1v) is 4.01. The van der Waals surface area contributed by atoms with Crippen LogP contribution in [0.2, 0.25) is 0 Å². The smallest absolute Gasteiger partial charge is 0.324 e. The third-order valence-corrected chi connectivity index (χ3v) is 2.59. The molecule has 0 fully saturated rings. The van der Waals surface area contributed by atoms with E-state index in [-0.39, 0.29) is 11.8 Å². The molecule has 0 rings (SSSR count). The average Bonchev–Trinajstić information content (AvgIpc) is 2.01. The Labute approximate surface area is 73.0 Å². The van der Waals surface area contributed by atoms with Gasteiger partial charge in [0.1, 0.15) is 0 Å². The number of nitrogens with zero attached hydrogens (tertiary/aromatic N) is 1. The van der Waals surface area contributed by atoms with Crippen LogP contribution >= 0.6 is 0 Å². The van der Waals surface area contributed by atoms with Gasteiger partial charge in [-0.15, -0.1) is 0 Å². The van der Waals surface area contributed by atoms with Crippen LogP contribution in [0.5, 0.6) is 0 Å². The van der Waals surface area contributed by atoms with Crippen LogP contribution in [0.15, 0.2) is 0 Å². The van der Waals surface area contributed by atoms with E-state index in [0.29, 0.717) is 0 Å². The van der Waals surface area contributed by atoms with Gasteiger partial charge in [-0.2, -0.15) is 5.26 Å². The third kappa shape index (κ3) is 1.76. The zero-order chi connectivity index (χ0) is 9.94. The second-order valence-electron chi connectivity index (χ2n) is 3.65. The molecule has 0 saturated heterocycles. The van der Waals surface area contributed by atoms with Crippen LogP contribution in [-0.4, -0.2) is 11.1 Å². The monoisotopic (exact) mass is 169 g/mol. The van der Waals surface area contributed by atoms with Gasteiger partial charge in [-0.25, -0.2) is 0 Å². The molecule has 0 aromatic heterocycles.